The summed E-state index contributed by atoms with van der Waals surface area (Å²) in [5.74, 6) is -0.117. The Morgan fingerprint density at radius 3 is 3.06 bits per heavy atom. The monoisotopic (exact) mass is 247 g/mol. The number of aromatic nitrogens is 1. The van der Waals surface area contributed by atoms with Gasteiger partial charge in [0.1, 0.15) is 5.69 Å². The fourth-order valence-electron chi connectivity index (χ4n) is 1.52. The SMILES string of the molecule is C=CCNc1ccnc(C(=O)NCCCCC)c1. The Labute approximate surface area is 109 Å². The van der Waals surface area contributed by atoms with Crippen molar-refractivity contribution in [1.82, 2.24) is 10.3 Å². The molecule has 1 amide bonds. The second kappa shape index (κ2) is 8.28. The maximum Gasteiger partial charge on any atom is 0.269 e. The van der Waals surface area contributed by atoms with Crippen LogP contribution >= 0.6 is 0 Å². The summed E-state index contributed by atoms with van der Waals surface area (Å²) >= 11 is 0. The first-order valence-corrected chi connectivity index (χ1v) is 6.37. The van der Waals surface area contributed by atoms with Gasteiger partial charge in [0.15, 0.2) is 0 Å². The van der Waals surface area contributed by atoms with Crippen molar-refractivity contribution in [2.45, 2.75) is 26.2 Å². The van der Waals surface area contributed by atoms with E-state index in [2.05, 4.69) is 29.1 Å². The van der Waals surface area contributed by atoms with Crippen molar-refractivity contribution in [1.29, 1.82) is 0 Å². The third-order valence-corrected chi connectivity index (χ3v) is 2.51. The molecule has 2 N–H and O–H groups in total. The first kappa shape index (κ1) is 14.2. The number of hydrogen-bond donors (Lipinski definition) is 2. The van der Waals surface area contributed by atoms with Crippen LogP contribution in [0.15, 0.2) is 31.0 Å². The van der Waals surface area contributed by atoms with Gasteiger partial charge in [-0.15, -0.1) is 6.58 Å². The Morgan fingerprint density at radius 2 is 2.33 bits per heavy atom. The Balaban J connectivity index is 2.48. The van der Waals surface area contributed by atoms with E-state index in [4.69, 9.17) is 0 Å². The number of pyridine rings is 1. The summed E-state index contributed by atoms with van der Waals surface area (Å²) in [6, 6.07) is 3.58. The van der Waals surface area contributed by atoms with Gasteiger partial charge in [0.05, 0.1) is 0 Å². The lowest BCUT2D eigenvalue weighted by molar-refractivity contribution is 0.0948. The van der Waals surface area contributed by atoms with Crippen LogP contribution in [-0.4, -0.2) is 24.0 Å². The normalized spacial score (nSPS) is 9.83. The van der Waals surface area contributed by atoms with Gasteiger partial charge in [0.25, 0.3) is 5.91 Å². The molecular weight excluding hydrogens is 226 g/mol. The van der Waals surface area contributed by atoms with Crippen molar-refractivity contribution in [3.05, 3.63) is 36.7 Å². The Morgan fingerprint density at radius 1 is 1.50 bits per heavy atom. The molecule has 0 saturated heterocycles. The van der Waals surface area contributed by atoms with E-state index in [-0.39, 0.29) is 5.91 Å². The molecule has 1 heterocycles. The van der Waals surface area contributed by atoms with E-state index in [0.29, 0.717) is 18.8 Å². The number of amides is 1. The van der Waals surface area contributed by atoms with Gasteiger partial charge < -0.3 is 10.6 Å². The topological polar surface area (TPSA) is 54.0 Å². The van der Waals surface area contributed by atoms with Crippen molar-refractivity contribution in [3.8, 4) is 0 Å². The fraction of sp³-hybridized carbons (Fsp3) is 0.429. The van der Waals surface area contributed by atoms with Crippen LogP contribution in [-0.2, 0) is 0 Å². The second-order valence-electron chi connectivity index (χ2n) is 4.06. The standard InChI is InChI=1S/C14H21N3O/c1-3-5-6-9-17-14(18)13-11-12(7-10-16-13)15-8-4-2/h4,7,10-11H,2-3,5-6,8-9H2,1H3,(H,15,16)(H,17,18). The van der Waals surface area contributed by atoms with Crippen LogP contribution in [0.5, 0.6) is 0 Å². The fourth-order valence-corrected chi connectivity index (χ4v) is 1.52. The zero-order valence-corrected chi connectivity index (χ0v) is 10.9. The molecule has 1 aromatic rings. The minimum Gasteiger partial charge on any atom is -0.381 e. The first-order valence-electron chi connectivity index (χ1n) is 6.37. The molecule has 0 aliphatic carbocycles. The van der Waals surface area contributed by atoms with Crippen LogP contribution in [0, 0.1) is 0 Å². The number of nitrogens with one attached hydrogen (secondary N) is 2. The molecule has 98 valence electrons. The maximum absolute atomic E-state index is 11.8. The summed E-state index contributed by atoms with van der Waals surface area (Å²) in [5, 5.41) is 6.00. The molecule has 1 aromatic heterocycles. The van der Waals surface area contributed by atoms with Crippen LogP contribution in [0.25, 0.3) is 0 Å². The number of rotatable bonds is 8. The number of nitrogens with zero attached hydrogens (tertiary/aromatic N) is 1. The summed E-state index contributed by atoms with van der Waals surface area (Å²) in [5.41, 5.74) is 1.32. The lowest BCUT2D eigenvalue weighted by atomic mass is 10.2. The molecule has 0 radical (unpaired) electrons. The molecule has 0 atom stereocenters. The molecule has 0 saturated carbocycles. The van der Waals surface area contributed by atoms with Crippen molar-refractivity contribution in [2.24, 2.45) is 0 Å². The molecule has 0 aromatic carbocycles. The highest BCUT2D eigenvalue weighted by Gasteiger charge is 2.06. The van der Waals surface area contributed by atoms with Gasteiger partial charge in [-0.3, -0.25) is 9.78 Å². The van der Waals surface area contributed by atoms with E-state index < -0.39 is 0 Å². The van der Waals surface area contributed by atoms with Crippen molar-refractivity contribution in [2.75, 3.05) is 18.4 Å². The van der Waals surface area contributed by atoms with E-state index in [0.717, 1.165) is 24.9 Å². The summed E-state index contributed by atoms with van der Waals surface area (Å²) in [6.45, 7) is 7.15. The van der Waals surface area contributed by atoms with E-state index in [1.54, 1.807) is 18.3 Å². The minimum absolute atomic E-state index is 0.117. The molecule has 0 aliphatic heterocycles. The number of anilines is 1. The van der Waals surface area contributed by atoms with Gasteiger partial charge in [-0.1, -0.05) is 25.8 Å². The summed E-state index contributed by atoms with van der Waals surface area (Å²) in [7, 11) is 0. The molecule has 0 unspecified atom stereocenters. The molecule has 0 aliphatic rings. The lowest BCUT2D eigenvalue weighted by Crippen LogP contribution is -2.25. The summed E-state index contributed by atoms with van der Waals surface area (Å²) in [4.78, 5) is 15.9. The van der Waals surface area contributed by atoms with Crippen molar-refractivity contribution < 1.29 is 4.79 Å². The predicted octanol–water partition coefficient (Wildman–Crippen LogP) is 2.60. The highest BCUT2D eigenvalue weighted by molar-refractivity contribution is 5.93. The van der Waals surface area contributed by atoms with Crippen LogP contribution in [0.2, 0.25) is 0 Å². The van der Waals surface area contributed by atoms with Crippen LogP contribution < -0.4 is 10.6 Å². The molecular formula is C14H21N3O. The molecule has 0 fully saturated rings. The van der Waals surface area contributed by atoms with E-state index in [1.165, 1.54) is 0 Å². The highest BCUT2D eigenvalue weighted by Crippen LogP contribution is 2.07. The molecule has 1 rings (SSSR count). The van der Waals surface area contributed by atoms with Gasteiger partial charge in [-0.2, -0.15) is 0 Å². The molecule has 18 heavy (non-hydrogen) atoms. The van der Waals surface area contributed by atoms with Gasteiger partial charge in [0, 0.05) is 25.0 Å². The third kappa shape index (κ3) is 4.99. The zero-order chi connectivity index (χ0) is 13.2. The third-order valence-electron chi connectivity index (χ3n) is 2.51. The lowest BCUT2D eigenvalue weighted by Gasteiger charge is -2.06. The van der Waals surface area contributed by atoms with Gasteiger partial charge in [-0.25, -0.2) is 0 Å². The highest BCUT2D eigenvalue weighted by atomic mass is 16.1. The minimum atomic E-state index is -0.117. The average molecular weight is 247 g/mol. The van der Waals surface area contributed by atoms with E-state index in [9.17, 15) is 4.79 Å². The number of carbonyl (C=O) groups excluding carboxylic acids is 1. The molecule has 0 spiro atoms. The Bertz CT molecular complexity index is 390. The van der Waals surface area contributed by atoms with E-state index >= 15 is 0 Å². The molecule has 4 heteroatoms. The second-order valence-corrected chi connectivity index (χ2v) is 4.06. The van der Waals surface area contributed by atoms with Gasteiger partial charge in [-0.05, 0) is 18.6 Å². The average Bonchev–Trinajstić information content (AvgIpc) is 2.41. The number of carbonyl (C=O) groups is 1. The quantitative estimate of drug-likeness (QED) is 0.548. The zero-order valence-electron chi connectivity index (χ0n) is 10.9. The predicted molar refractivity (Wildman–Crippen MR) is 74.8 cm³/mol. The number of hydrogen-bond acceptors (Lipinski definition) is 3. The van der Waals surface area contributed by atoms with Crippen LogP contribution in [0.3, 0.4) is 0 Å². The summed E-state index contributed by atoms with van der Waals surface area (Å²) in [6.07, 6.45) is 6.69. The molecule has 4 nitrogen and oxygen atoms in total. The Kier molecular flexibility index (Phi) is 6.54. The smallest absolute Gasteiger partial charge is 0.269 e. The van der Waals surface area contributed by atoms with Gasteiger partial charge in [0.2, 0.25) is 0 Å². The van der Waals surface area contributed by atoms with Crippen LogP contribution in [0.1, 0.15) is 36.7 Å². The molecule has 0 bridgehead atoms. The van der Waals surface area contributed by atoms with Gasteiger partial charge >= 0.3 is 0 Å². The van der Waals surface area contributed by atoms with Crippen molar-refractivity contribution >= 4 is 11.6 Å². The maximum atomic E-state index is 11.8. The largest absolute Gasteiger partial charge is 0.381 e. The summed E-state index contributed by atoms with van der Waals surface area (Å²) < 4.78 is 0. The number of unbranched alkanes of at least 4 members (excludes halogenated alkanes) is 2. The van der Waals surface area contributed by atoms with Crippen molar-refractivity contribution in [3.63, 3.8) is 0 Å². The Hall–Kier alpha value is -1.84. The van der Waals surface area contributed by atoms with Crippen LogP contribution in [0.4, 0.5) is 5.69 Å². The van der Waals surface area contributed by atoms with E-state index in [1.807, 2.05) is 6.07 Å². The first-order chi connectivity index (χ1) is 8.77.